The largest absolute Gasteiger partial charge is 0.496 e. The summed E-state index contributed by atoms with van der Waals surface area (Å²) in [5, 5.41) is 0. The molecule has 4 nitrogen and oxygen atoms in total. The second kappa shape index (κ2) is 7.35. The fraction of sp³-hybridized carbons (Fsp3) is 0.435. The molecule has 142 valence electrons. The average Bonchev–Trinajstić information content (AvgIpc) is 3.20. The van der Waals surface area contributed by atoms with E-state index in [0.717, 1.165) is 30.9 Å². The van der Waals surface area contributed by atoms with Gasteiger partial charge in [0.25, 0.3) is 0 Å². The quantitative estimate of drug-likeness (QED) is 0.834. The molecular formula is C23H28N2O2. The van der Waals surface area contributed by atoms with Crippen LogP contribution in [0.5, 0.6) is 5.75 Å². The van der Waals surface area contributed by atoms with Crippen LogP contribution in [0.25, 0.3) is 0 Å². The van der Waals surface area contributed by atoms with E-state index in [-0.39, 0.29) is 5.91 Å². The van der Waals surface area contributed by atoms with Crippen LogP contribution in [0.3, 0.4) is 0 Å². The topological polar surface area (TPSA) is 32.8 Å². The minimum absolute atomic E-state index is 0.208. The van der Waals surface area contributed by atoms with Gasteiger partial charge in [-0.1, -0.05) is 42.5 Å². The lowest BCUT2D eigenvalue weighted by molar-refractivity contribution is -0.129. The molecule has 0 bridgehead atoms. The number of ether oxygens (including phenoxy) is 1. The molecule has 0 aliphatic carbocycles. The van der Waals surface area contributed by atoms with Gasteiger partial charge in [0, 0.05) is 37.2 Å². The van der Waals surface area contributed by atoms with Crippen LogP contribution in [-0.2, 0) is 11.2 Å². The van der Waals surface area contributed by atoms with Gasteiger partial charge in [-0.15, -0.1) is 0 Å². The Morgan fingerprint density at radius 1 is 1.07 bits per heavy atom. The first-order chi connectivity index (χ1) is 13.1. The molecule has 0 aromatic heterocycles. The monoisotopic (exact) mass is 364 g/mol. The molecule has 3 atom stereocenters. The number of hydrogen-bond donors (Lipinski definition) is 0. The minimum atomic E-state index is 0.208. The summed E-state index contributed by atoms with van der Waals surface area (Å²) >= 11 is 0. The Morgan fingerprint density at radius 3 is 2.59 bits per heavy atom. The summed E-state index contributed by atoms with van der Waals surface area (Å²) in [6.07, 6.45) is 0.411. The van der Waals surface area contributed by atoms with Gasteiger partial charge in [0.05, 0.1) is 13.5 Å². The lowest BCUT2D eigenvalue weighted by atomic mass is 9.88. The van der Waals surface area contributed by atoms with Crippen LogP contribution in [0.4, 0.5) is 0 Å². The van der Waals surface area contributed by atoms with Crippen molar-refractivity contribution in [3.05, 3.63) is 65.2 Å². The van der Waals surface area contributed by atoms with E-state index < -0.39 is 0 Å². The van der Waals surface area contributed by atoms with Crippen molar-refractivity contribution in [2.45, 2.75) is 19.4 Å². The van der Waals surface area contributed by atoms with Gasteiger partial charge in [0.1, 0.15) is 5.75 Å². The van der Waals surface area contributed by atoms with Crippen LogP contribution in [0.2, 0.25) is 0 Å². The van der Waals surface area contributed by atoms with E-state index in [1.807, 2.05) is 24.3 Å². The molecule has 2 fully saturated rings. The van der Waals surface area contributed by atoms with Crippen molar-refractivity contribution in [3.8, 4) is 5.75 Å². The lowest BCUT2D eigenvalue weighted by Crippen LogP contribution is -2.34. The van der Waals surface area contributed by atoms with Crippen molar-refractivity contribution < 1.29 is 9.53 Å². The maximum Gasteiger partial charge on any atom is 0.227 e. The molecule has 2 heterocycles. The first-order valence-electron chi connectivity index (χ1n) is 9.74. The van der Waals surface area contributed by atoms with Gasteiger partial charge in [-0.05, 0) is 37.1 Å². The molecule has 2 aliphatic heterocycles. The number of rotatable bonds is 4. The maximum absolute atomic E-state index is 13.0. The smallest absolute Gasteiger partial charge is 0.227 e. The summed E-state index contributed by atoms with van der Waals surface area (Å²) in [7, 11) is 3.88. The zero-order chi connectivity index (χ0) is 19.0. The first kappa shape index (κ1) is 18.1. The Hall–Kier alpha value is -2.33. The Balaban J connectivity index is 1.50. The molecule has 0 spiro atoms. The van der Waals surface area contributed by atoms with Crippen LogP contribution in [-0.4, -0.2) is 49.5 Å². The fourth-order valence-electron chi connectivity index (χ4n) is 4.97. The van der Waals surface area contributed by atoms with E-state index in [1.54, 1.807) is 7.11 Å². The number of para-hydroxylation sites is 1. The van der Waals surface area contributed by atoms with Crippen molar-refractivity contribution in [2.24, 2.45) is 11.8 Å². The number of carbonyl (C=O) groups excluding carboxylic acids is 1. The van der Waals surface area contributed by atoms with Gasteiger partial charge in [-0.25, -0.2) is 0 Å². The van der Waals surface area contributed by atoms with Crippen molar-refractivity contribution in [2.75, 3.05) is 33.8 Å². The van der Waals surface area contributed by atoms with Gasteiger partial charge in [0.15, 0.2) is 0 Å². The highest BCUT2D eigenvalue weighted by atomic mass is 16.5. The predicted molar refractivity (Wildman–Crippen MR) is 107 cm³/mol. The molecule has 2 aliphatic rings. The van der Waals surface area contributed by atoms with Gasteiger partial charge < -0.3 is 9.64 Å². The molecule has 2 aromatic carbocycles. The standard InChI is InChI=1S/C23H28N2O2/c1-16-8-4-6-10-19(16)23-20-15-25(14-18(20)13-24(23)2)22(26)12-17-9-5-7-11-21(17)27-3/h4-11,18,20,23H,12-15H2,1-3H3/t18-,20+,23+/m0/s1. The molecule has 0 radical (unpaired) electrons. The SMILES string of the molecule is COc1ccccc1CC(=O)N1C[C@@H]2CN(C)[C@H](c3ccccc3C)[C@@H]2C1. The number of fused-ring (bicyclic) bond motifs is 1. The fourth-order valence-corrected chi connectivity index (χ4v) is 4.97. The maximum atomic E-state index is 13.0. The summed E-state index contributed by atoms with van der Waals surface area (Å²) in [4.78, 5) is 17.5. The minimum Gasteiger partial charge on any atom is -0.496 e. The van der Waals surface area contributed by atoms with Crippen LogP contribution in [0, 0.1) is 18.8 Å². The second-order valence-electron chi connectivity index (χ2n) is 7.95. The summed E-state index contributed by atoms with van der Waals surface area (Å²) < 4.78 is 5.41. The van der Waals surface area contributed by atoms with E-state index in [1.165, 1.54) is 11.1 Å². The van der Waals surface area contributed by atoms with E-state index in [4.69, 9.17) is 4.74 Å². The number of hydrogen-bond acceptors (Lipinski definition) is 3. The molecule has 0 N–H and O–H groups in total. The highest BCUT2D eigenvalue weighted by Crippen LogP contribution is 2.44. The third-order valence-corrected chi connectivity index (χ3v) is 6.29. The van der Waals surface area contributed by atoms with E-state index in [2.05, 4.69) is 48.0 Å². The highest BCUT2D eigenvalue weighted by molar-refractivity contribution is 5.80. The third-order valence-electron chi connectivity index (χ3n) is 6.29. The van der Waals surface area contributed by atoms with E-state index in [9.17, 15) is 4.79 Å². The van der Waals surface area contributed by atoms with E-state index in [0.29, 0.717) is 24.3 Å². The number of methoxy groups -OCH3 is 1. The molecular weight excluding hydrogens is 336 g/mol. The Bertz CT molecular complexity index is 835. The van der Waals surface area contributed by atoms with Crippen LogP contribution in [0.1, 0.15) is 22.7 Å². The second-order valence-corrected chi connectivity index (χ2v) is 7.95. The van der Waals surface area contributed by atoms with Crippen LogP contribution >= 0.6 is 0 Å². The van der Waals surface area contributed by atoms with Crippen LogP contribution < -0.4 is 4.74 Å². The summed E-state index contributed by atoms with van der Waals surface area (Å²) in [6.45, 7) is 4.96. The third kappa shape index (κ3) is 3.34. The molecule has 4 rings (SSSR count). The zero-order valence-electron chi connectivity index (χ0n) is 16.4. The first-order valence-corrected chi connectivity index (χ1v) is 9.74. The normalized spacial score (nSPS) is 24.9. The van der Waals surface area contributed by atoms with Crippen molar-refractivity contribution >= 4 is 5.91 Å². The average molecular weight is 364 g/mol. The van der Waals surface area contributed by atoms with Crippen molar-refractivity contribution in [1.82, 2.24) is 9.80 Å². The van der Waals surface area contributed by atoms with Crippen LogP contribution in [0.15, 0.2) is 48.5 Å². The Kier molecular flexibility index (Phi) is 4.92. The number of aryl methyl sites for hydroxylation is 1. The van der Waals surface area contributed by atoms with E-state index >= 15 is 0 Å². The zero-order valence-corrected chi connectivity index (χ0v) is 16.4. The lowest BCUT2D eigenvalue weighted by Gasteiger charge is -2.28. The molecule has 4 heteroatoms. The summed E-state index contributed by atoms with van der Waals surface area (Å²) in [6, 6.07) is 16.9. The summed E-state index contributed by atoms with van der Waals surface area (Å²) in [5.74, 6) is 2.07. The number of benzene rings is 2. The molecule has 2 aromatic rings. The summed E-state index contributed by atoms with van der Waals surface area (Å²) in [5.41, 5.74) is 3.72. The van der Waals surface area contributed by atoms with Gasteiger partial charge in [0.2, 0.25) is 5.91 Å². The molecule has 1 amide bonds. The Morgan fingerprint density at radius 2 is 1.81 bits per heavy atom. The number of amides is 1. The van der Waals surface area contributed by atoms with Gasteiger partial charge in [-0.3, -0.25) is 9.69 Å². The number of likely N-dealkylation sites (tertiary alicyclic amines) is 2. The number of carbonyl (C=O) groups is 1. The molecule has 0 unspecified atom stereocenters. The van der Waals surface area contributed by atoms with Crippen molar-refractivity contribution in [3.63, 3.8) is 0 Å². The highest BCUT2D eigenvalue weighted by Gasteiger charge is 2.47. The molecule has 27 heavy (non-hydrogen) atoms. The van der Waals surface area contributed by atoms with Crippen molar-refractivity contribution in [1.29, 1.82) is 0 Å². The Labute approximate surface area is 161 Å². The molecule has 0 saturated carbocycles. The van der Waals surface area contributed by atoms with Gasteiger partial charge in [-0.2, -0.15) is 0 Å². The number of nitrogens with zero attached hydrogens (tertiary/aromatic N) is 2. The molecule has 2 saturated heterocycles. The predicted octanol–water partition coefficient (Wildman–Crippen LogP) is 3.31. The van der Waals surface area contributed by atoms with Gasteiger partial charge >= 0.3 is 0 Å².